The van der Waals surface area contributed by atoms with Crippen LogP contribution >= 0.6 is 11.6 Å². The van der Waals surface area contributed by atoms with E-state index in [0.29, 0.717) is 34.9 Å². The predicted molar refractivity (Wildman–Crippen MR) is 107 cm³/mol. The standard InChI is InChI=1S/C21H21ClN2O3/c1-4-11-24-20(25)18(14-5-8-16(27-3)9-6-14)19(21(24)26)23-17-10-7-15(22)12-13(17)2/h5-10,12,23H,4,11H2,1-3H3. The molecule has 0 radical (unpaired) electrons. The molecule has 3 rings (SSSR count). The van der Waals surface area contributed by atoms with Crippen LogP contribution in [0.5, 0.6) is 5.75 Å². The first-order chi connectivity index (χ1) is 13.0. The average Bonchev–Trinajstić information content (AvgIpc) is 2.89. The van der Waals surface area contributed by atoms with E-state index < -0.39 is 0 Å². The van der Waals surface area contributed by atoms with Gasteiger partial charge in [-0.2, -0.15) is 0 Å². The number of hydrogen-bond donors (Lipinski definition) is 1. The quantitative estimate of drug-likeness (QED) is 0.756. The van der Waals surface area contributed by atoms with Crippen LogP contribution in [0, 0.1) is 6.92 Å². The number of nitrogens with one attached hydrogen (secondary N) is 1. The average molecular weight is 385 g/mol. The maximum absolute atomic E-state index is 13.0. The SMILES string of the molecule is CCCN1C(=O)C(Nc2ccc(Cl)cc2C)=C(c2ccc(OC)cc2)C1=O. The molecule has 0 bridgehead atoms. The molecule has 5 nitrogen and oxygen atoms in total. The zero-order valence-corrected chi connectivity index (χ0v) is 16.3. The highest BCUT2D eigenvalue weighted by atomic mass is 35.5. The highest BCUT2D eigenvalue weighted by Gasteiger charge is 2.38. The van der Waals surface area contributed by atoms with Gasteiger partial charge < -0.3 is 10.1 Å². The first-order valence-electron chi connectivity index (χ1n) is 8.74. The molecule has 6 heteroatoms. The van der Waals surface area contributed by atoms with E-state index in [9.17, 15) is 9.59 Å². The van der Waals surface area contributed by atoms with Crippen molar-refractivity contribution in [2.45, 2.75) is 20.3 Å². The Kier molecular flexibility index (Phi) is 5.51. The molecule has 0 spiro atoms. The lowest BCUT2D eigenvalue weighted by atomic mass is 10.0. The lowest BCUT2D eigenvalue weighted by Gasteiger charge is -2.14. The van der Waals surface area contributed by atoms with E-state index in [1.165, 1.54) is 4.90 Å². The van der Waals surface area contributed by atoms with Crippen LogP contribution in [-0.4, -0.2) is 30.4 Å². The van der Waals surface area contributed by atoms with Gasteiger partial charge in [-0.05, 0) is 54.8 Å². The first kappa shape index (κ1) is 19.0. The molecule has 0 aliphatic carbocycles. The zero-order chi connectivity index (χ0) is 19.6. The van der Waals surface area contributed by atoms with Crippen LogP contribution in [0.2, 0.25) is 5.02 Å². The van der Waals surface area contributed by atoms with Crippen LogP contribution in [0.3, 0.4) is 0 Å². The Labute approximate surface area is 163 Å². The Hall–Kier alpha value is -2.79. The van der Waals surface area contributed by atoms with Crippen LogP contribution in [0.15, 0.2) is 48.2 Å². The summed E-state index contributed by atoms with van der Waals surface area (Å²) in [5, 5.41) is 3.77. The van der Waals surface area contributed by atoms with Gasteiger partial charge in [0.1, 0.15) is 11.4 Å². The third-order valence-corrected chi connectivity index (χ3v) is 4.68. The summed E-state index contributed by atoms with van der Waals surface area (Å²) >= 11 is 6.02. The number of amides is 2. The first-order valence-corrected chi connectivity index (χ1v) is 9.12. The number of carbonyl (C=O) groups is 2. The zero-order valence-electron chi connectivity index (χ0n) is 15.5. The maximum atomic E-state index is 13.0. The smallest absolute Gasteiger partial charge is 0.278 e. The molecule has 0 atom stereocenters. The van der Waals surface area contributed by atoms with Gasteiger partial charge >= 0.3 is 0 Å². The van der Waals surface area contributed by atoms with Gasteiger partial charge in [-0.25, -0.2) is 0 Å². The van der Waals surface area contributed by atoms with Crippen LogP contribution < -0.4 is 10.1 Å². The fourth-order valence-electron chi connectivity index (χ4n) is 3.05. The minimum Gasteiger partial charge on any atom is -0.497 e. The van der Waals surface area contributed by atoms with Crippen LogP contribution in [0.4, 0.5) is 5.69 Å². The van der Waals surface area contributed by atoms with Crippen molar-refractivity contribution < 1.29 is 14.3 Å². The molecule has 1 aliphatic heterocycles. The van der Waals surface area contributed by atoms with Gasteiger partial charge in [0, 0.05) is 17.3 Å². The Morgan fingerprint density at radius 3 is 2.37 bits per heavy atom. The number of anilines is 1. The number of methoxy groups -OCH3 is 1. The van der Waals surface area contributed by atoms with Gasteiger partial charge in [0.15, 0.2) is 0 Å². The van der Waals surface area contributed by atoms with Crippen molar-refractivity contribution in [1.29, 1.82) is 0 Å². The molecule has 0 aromatic heterocycles. The van der Waals surface area contributed by atoms with E-state index in [1.807, 2.05) is 19.9 Å². The van der Waals surface area contributed by atoms with Crippen molar-refractivity contribution in [3.63, 3.8) is 0 Å². The van der Waals surface area contributed by atoms with Gasteiger partial charge in [0.25, 0.3) is 11.8 Å². The lowest BCUT2D eigenvalue weighted by molar-refractivity contribution is -0.136. The molecule has 1 aliphatic rings. The number of carbonyl (C=O) groups excluding carboxylic acids is 2. The third-order valence-electron chi connectivity index (χ3n) is 4.44. The van der Waals surface area contributed by atoms with Gasteiger partial charge in [-0.15, -0.1) is 0 Å². The second-order valence-corrected chi connectivity index (χ2v) is 6.76. The van der Waals surface area contributed by atoms with Gasteiger partial charge in [0.05, 0.1) is 12.7 Å². The summed E-state index contributed by atoms with van der Waals surface area (Å²) in [6.07, 6.45) is 0.695. The summed E-state index contributed by atoms with van der Waals surface area (Å²) < 4.78 is 5.18. The van der Waals surface area contributed by atoms with Crippen molar-refractivity contribution in [1.82, 2.24) is 4.90 Å². The van der Waals surface area contributed by atoms with Gasteiger partial charge in [0.2, 0.25) is 0 Å². The summed E-state index contributed by atoms with van der Waals surface area (Å²) in [4.78, 5) is 27.2. The van der Waals surface area contributed by atoms with E-state index in [2.05, 4.69) is 5.32 Å². The maximum Gasteiger partial charge on any atom is 0.278 e. The molecule has 0 saturated carbocycles. The Balaban J connectivity index is 2.07. The number of ether oxygens (including phenoxy) is 1. The highest BCUT2D eigenvalue weighted by Crippen LogP contribution is 2.32. The third kappa shape index (κ3) is 3.69. The minimum atomic E-state index is -0.318. The monoisotopic (exact) mass is 384 g/mol. The van der Waals surface area contributed by atoms with E-state index in [0.717, 1.165) is 11.3 Å². The van der Waals surface area contributed by atoms with Gasteiger partial charge in [-0.3, -0.25) is 14.5 Å². The van der Waals surface area contributed by atoms with Crippen molar-refractivity contribution >= 4 is 34.7 Å². The topological polar surface area (TPSA) is 58.6 Å². The molecule has 2 amide bonds. The van der Waals surface area contributed by atoms with E-state index in [-0.39, 0.29) is 17.5 Å². The number of rotatable bonds is 6. The molecule has 0 saturated heterocycles. The second kappa shape index (κ2) is 7.84. The number of hydrogen-bond acceptors (Lipinski definition) is 4. The number of nitrogens with zero attached hydrogens (tertiary/aromatic N) is 1. The minimum absolute atomic E-state index is 0.282. The molecular weight excluding hydrogens is 364 g/mol. The number of imide groups is 1. The molecule has 140 valence electrons. The lowest BCUT2D eigenvalue weighted by Crippen LogP contribution is -2.33. The number of aryl methyl sites for hydroxylation is 1. The van der Waals surface area contributed by atoms with Gasteiger partial charge in [-0.1, -0.05) is 30.7 Å². The molecule has 27 heavy (non-hydrogen) atoms. The molecule has 1 N–H and O–H groups in total. The summed E-state index contributed by atoms with van der Waals surface area (Å²) in [7, 11) is 1.58. The normalized spacial score (nSPS) is 14.1. The molecule has 2 aromatic carbocycles. The summed E-state index contributed by atoms with van der Waals surface area (Å²) in [6.45, 7) is 4.21. The van der Waals surface area contributed by atoms with E-state index in [4.69, 9.17) is 16.3 Å². The van der Waals surface area contributed by atoms with Crippen molar-refractivity contribution in [3.8, 4) is 5.75 Å². The van der Waals surface area contributed by atoms with Crippen LogP contribution in [0.25, 0.3) is 5.57 Å². The Morgan fingerprint density at radius 1 is 1.07 bits per heavy atom. The summed E-state index contributed by atoms with van der Waals surface area (Å²) in [5.74, 6) is 0.0766. The molecule has 0 fully saturated rings. The Bertz CT molecular complexity index is 920. The highest BCUT2D eigenvalue weighted by molar-refractivity contribution is 6.36. The number of halogens is 1. The van der Waals surface area contributed by atoms with Crippen molar-refractivity contribution in [3.05, 3.63) is 64.3 Å². The summed E-state index contributed by atoms with van der Waals surface area (Å²) in [5.41, 5.74) is 2.94. The van der Waals surface area contributed by atoms with Crippen LogP contribution in [0.1, 0.15) is 24.5 Å². The predicted octanol–water partition coefficient (Wildman–Crippen LogP) is 4.26. The van der Waals surface area contributed by atoms with E-state index >= 15 is 0 Å². The van der Waals surface area contributed by atoms with Crippen molar-refractivity contribution in [2.75, 3.05) is 19.0 Å². The summed E-state index contributed by atoms with van der Waals surface area (Å²) in [6, 6.07) is 12.5. The second-order valence-electron chi connectivity index (χ2n) is 6.32. The Morgan fingerprint density at radius 2 is 1.78 bits per heavy atom. The fourth-order valence-corrected chi connectivity index (χ4v) is 3.27. The molecular formula is C21H21ClN2O3. The fraction of sp³-hybridized carbons (Fsp3) is 0.238. The van der Waals surface area contributed by atoms with Crippen molar-refractivity contribution in [2.24, 2.45) is 0 Å². The number of benzene rings is 2. The molecule has 1 heterocycles. The molecule has 2 aromatic rings. The van der Waals surface area contributed by atoms with E-state index in [1.54, 1.807) is 43.5 Å². The molecule has 0 unspecified atom stereocenters. The van der Waals surface area contributed by atoms with Crippen LogP contribution in [-0.2, 0) is 9.59 Å². The largest absolute Gasteiger partial charge is 0.497 e.